The highest BCUT2D eigenvalue weighted by Crippen LogP contribution is 2.29. The van der Waals surface area contributed by atoms with Crippen LogP contribution in [0.5, 0.6) is 5.75 Å². The number of hydrogen-bond acceptors (Lipinski definition) is 3. The molecule has 1 aliphatic rings. The summed E-state index contributed by atoms with van der Waals surface area (Å²) in [5.74, 6) is 1.28. The number of ether oxygens (including phenoxy) is 2. The molecule has 0 fully saturated rings. The Morgan fingerprint density at radius 3 is 3.23 bits per heavy atom. The maximum absolute atomic E-state index is 5.77. The zero-order chi connectivity index (χ0) is 9.26. The first-order chi connectivity index (χ1) is 6.33. The quantitative estimate of drug-likeness (QED) is 0.649. The highest BCUT2D eigenvalue weighted by atomic mass is 35.5. The summed E-state index contributed by atoms with van der Waals surface area (Å²) >= 11 is 5.77. The number of halogens is 1. The fourth-order valence-electron chi connectivity index (χ4n) is 1.38. The van der Waals surface area contributed by atoms with E-state index >= 15 is 0 Å². The molecule has 13 heavy (non-hydrogen) atoms. The van der Waals surface area contributed by atoms with Gasteiger partial charge in [0.25, 0.3) is 0 Å². The first kappa shape index (κ1) is 8.78. The molecule has 3 nitrogen and oxygen atoms in total. The number of nitrogens with zero attached hydrogens (tertiary/aromatic N) is 1. The van der Waals surface area contributed by atoms with Gasteiger partial charge in [-0.2, -0.15) is 0 Å². The smallest absolute Gasteiger partial charge is 0.189 e. The van der Waals surface area contributed by atoms with Crippen molar-refractivity contribution in [2.45, 2.75) is 19.4 Å². The van der Waals surface area contributed by atoms with Gasteiger partial charge < -0.3 is 9.47 Å². The molecular weight excluding hydrogens is 190 g/mol. The number of fused-ring (bicyclic) bond motifs is 1. The van der Waals surface area contributed by atoms with E-state index in [2.05, 4.69) is 4.98 Å². The highest BCUT2D eigenvalue weighted by Gasteiger charge is 2.17. The second-order valence-electron chi connectivity index (χ2n) is 2.92. The van der Waals surface area contributed by atoms with Crippen LogP contribution in [0, 0.1) is 6.92 Å². The Morgan fingerprint density at radius 2 is 2.46 bits per heavy atom. The minimum absolute atomic E-state index is 0.307. The van der Waals surface area contributed by atoms with Gasteiger partial charge in [-0.25, -0.2) is 0 Å². The molecule has 1 aliphatic heterocycles. The molecule has 0 amide bonds. The van der Waals surface area contributed by atoms with Crippen molar-refractivity contribution >= 4 is 11.6 Å². The van der Waals surface area contributed by atoms with E-state index in [0.717, 1.165) is 22.6 Å². The molecule has 0 spiro atoms. The number of rotatable bonds is 1. The van der Waals surface area contributed by atoms with Gasteiger partial charge in [0, 0.05) is 17.6 Å². The molecule has 2 rings (SSSR count). The van der Waals surface area contributed by atoms with Crippen molar-refractivity contribution in [3.05, 3.63) is 23.0 Å². The highest BCUT2D eigenvalue weighted by molar-refractivity contribution is 6.17. The van der Waals surface area contributed by atoms with Crippen LogP contribution >= 0.6 is 11.6 Å². The summed E-state index contributed by atoms with van der Waals surface area (Å²) in [4.78, 5) is 4.20. The van der Waals surface area contributed by atoms with Gasteiger partial charge in [-0.05, 0) is 12.5 Å². The second-order valence-corrected chi connectivity index (χ2v) is 3.19. The molecule has 0 saturated carbocycles. The van der Waals surface area contributed by atoms with E-state index in [9.17, 15) is 0 Å². The van der Waals surface area contributed by atoms with E-state index in [1.807, 2.05) is 6.92 Å². The maximum atomic E-state index is 5.77. The van der Waals surface area contributed by atoms with Crippen molar-refractivity contribution in [2.75, 3.05) is 6.79 Å². The van der Waals surface area contributed by atoms with Crippen LogP contribution in [-0.4, -0.2) is 11.8 Å². The van der Waals surface area contributed by atoms with E-state index in [1.165, 1.54) is 0 Å². The summed E-state index contributed by atoms with van der Waals surface area (Å²) in [5, 5.41) is 0. The van der Waals surface area contributed by atoms with Gasteiger partial charge in [-0.15, -0.1) is 11.6 Å². The van der Waals surface area contributed by atoms with Crippen molar-refractivity contribution < 1.29 is 9.47 Å². The summed E-state index contributed by atoms with van der Waals surface area (Å²) in [5.41, 5.74) is 2.92. The average molecular weight is 200 g/mol. The fourth-order valence-corrected chi connectivity index (χ4v) is 1.62. The number of aryl methyl sites for hydroxylation is 1. The van der Waals surface area contributed by atoms with Crippen LogP contribution < -0.4 is 4.74 Å². The van der Waals surface area contributed by atoms with Crippen LogP contribution in [0.15, 0.2) is 6.20 Å². The third kappa shape index (κ3) is 1.49. The molecule has 1 aromatic heterocycles. The number of hydrogen-bond donors (Lipinski definition) is 0. The molecule has 0 atom stereocenters. The van der Waals surface area contributed by atoms with Gasteiger partial charge in [0.05, 0.1) is 12.3 Å². The lowest BCUT2D eigenvalue weighted by atomic mass is 10.1. The molecule has 4 heteroatoms. The molecule has 0 N–H and O–H groups in total. The molecule has 2 heterocycles. The summed E-state index contributed by atoms with van der Waals surface area (Å²) in [6, 6.07) is 0. The first-order valence-electron chi connectivity index (χ1n) is 4.06. The van der Waals surface area contributed by atoms with Crippen molar-refractivity contribution in [1.82, 2.24) is 4.98 Å². The lowest BCUT2D eigenvalue weighted by molar-refractivity contribution is -0.0176. The largest absolute Gasteiger partial charge is 0.465 e. The van der Waals surface area contributed by atoms with Crippen LogP contribution in [0.25, 0.3) is 0 Å². The maximum Gasteiger partial charge on any atom is 0.189 e. The Hall–Kier alpha value is -0.800. The molecule has 1 aromatic rings. The van der Waals surface area contributed by atoms with Gasteiger partial charge in [-0.3, -0.25) is 4.98 Å². The minimum atomic E-state index is 0.307. The van der Waals surface area contributed by atoms with E-state index in [-0.39, 0.29) is 0 Å². The van der Waals surface area contributed by atoms with E-state index in [0.29, 0.717) is 19.3 Å². The molecule has 0 bridgehead atoms. The zero-order valence-electron chi connectivity index (χ0n) is 7.34. The Kier molecular flexibility index (Phi) is 2.38. The van der Waals surface area contributed by atoms with Crippen molar-refractivity contribution in [3.63, 3.8) is 0 Å². The molecule has 0 radical (unpaired) electrons. The molecule has 0 saturated heterocycles. The van der Waals surface area contributed by atoms with Crippen molar-refractivity contribution in [3.8, 4) is 5.75 Å². The van der Waals surface area contributed by atoms with Gasteiger partial charge in [-0.1, -0.05) is 0 Å². The predicted molar refractivity (Wildman–Crippen MR) is 48.8 cm³/mol. The minimum Gasteiger partial charge on any atom is -0.465 e. The number of aromatic nitrogens is 1. The Bertz CT molecular complexity index is 328. The molecule has 0 aromatic carbocycles. The van der Waals surface area contributed by atoms with Gasteiger partial charge in [0.1, 0.15) is 5.75 Å². The van der Waals surface area contributed by atoms with Crippen LogP contribution in [-0.2, 0) is 17.2 Å². The Morgan fingerprint density at radius 1 is 1.62 bits per heavy atom. The standard InChI is InChI=1S/C9H10ClNO2/c1-6-9-8(4-12-5-13-9)7(2-10)3-11-6/h3H,2,4-5H2,1H3. The van der Waals surface area contributed by atoms with Gasteiger partial charge >= 0.3 is 0 Å². The van der Waals surface area contributed by atoms with Gasteiger partial charge in [0.2, 0.25) is 0 Å². The summed E-state index contributed by atoms with van der Waals surface area (Å²) < 4.78 is 10.5. The topological polar surface area (TPSA) is 31.4 Å². The van der Waals surface area contributed by atoms with Crippen LogP contribution in [0.4, 0.5) is 0 Å². The SMILES string of the molecule is Cc1ncc(CCl)c2c1OCOC2. The van der Waals surface area contributed by atoms with Crippen molar-refractivity contribution in [2.24, 2.45) is 0 Å². The Labute approximate surface area is 81.6 Å². The molecule has 70 valence electrons. The first-order valence-corrected chi connectivity index (χ1v) is 4.60. The third-order valence-electron chi connectivity index (χ3n) is 2.08. The summed E-state index contributed by atoms with van der Waals surface area (Å²) in [6.07, 6.45) is 1.78. The lowest BCUT2D eigenvalue weighted by Crippen LogP contribution is -2.14. The lowest BCUT2D eigenvalue weighted by Gasteiger charge is -2.20. The van der Waals surface area contributed by atoms with Crippen LogP contribution in [0.3, 0.4) is 0 Å². The fraction of sp³-hybridized carbons (Fsp3) is 0.444. The second kappa shape index (κ2) is 3.52. The van der Waals surface area contributed by atoms with Crippen molar-refractivity contribution in [1.29, 1.82) is 0 Å². The van der Waals surface area contributed by atoms with Crippen LogP contribution in [0.2, 0.25) is 0 Å². The van der Waals surface area contributed by atoms with E-state index in [1.54, 1.807) is 6.20 Å². The number of alkyl halides is 1. The summed E-state index contributed by atoms with van der Waals surface area (Å²) in [7, 11) is 0. The predicted octanol–water partition coefficient (Wildman–Crippen LogP) is 2.00. The normalized spacial score (nSPS) is 14.9. The Balaban J connectivity index is 2.52. The average Bonchev–Trinajstić information content (AvgIpc) is 2.19. The molecule has 0 aliphatic carbocycles. The van der Waals surface area contributed by atoms with Gasteiger partial charge in [0.15, 0.2) is 6.79 Å². The van der Waals surface area contributed by atoms with E-state index in [4.69, 9.17) is 21.1 Å². The monoisotopic (exact) mass is 199 g/mol. The van der Waals surface area contributed by atoms with Crippen LogP contribution in [0.1, 0.15) is 16.8 Å². The summed E-state index contributed by atoms with van der Waals surface area (Å²) in [6.45, 7) is 2.80. The number of pyridine rings is 1. The van der Waals surface area contributed by atoms with E-state index < -0.39 is 0 Å². The molecule has 0 unspecified atom stereocenters. The third-order valence-corrected chi connectivity index (χ3v) is 2.37. The zero-order valence-corrected chi connectivity index (χ0v) is 8.10. The molecular formula is C9H10ClNO2.